The van der Waals surface area contributed by atoms with Crippen LogP contribution in [-0.4, -0.2) is 32.6 Å². The van der Waals surface area contributed by atoms with Crippen molar-refractivity contribution in [1.82, 2.24) is 20.3 Å². The van der Waals surface area contributed by atoms with E-state index in [1.807, 2.05) is 6.07 Å². The fourth-order valence-corrected chi connectivity index (χ4v) is 1.88. The molecule has 1 amide bonds. The minimum Gasteiger partial charge on any atom is -0.508 e. The van der Waals surface area contributed by atoms with Crippen molar-refractivity contribution < 1.29 is 9.90 Å². The van der Waals surface area contributed by atoms with Crippen molar-refractivity contribution in [3.05, 3.63) is 42.2 Å². The lowest BCUT2D eigenvalue weighted by molar-refractivity contribution is -0.121. The Morgan fingerprint density at radius 1 is 1.40 bits per heavy atom. The molecule has 1 heterocycles. The topological polar surface area (TPSA) is 80.0 Å². The van der Waals surface area contributed by atoms with Gasteiger partial charge in [-0.2, -0.15) is 0 Å². The van der Waals surface area contributed by atoms with Gasteiger partial charge in [0.05, 0.1) is 6.20 Å². The van der Waals surface area contributed by atoms with E-state index in [1.54, 1.807) is 35.3 Å². The molecule has 0 aliphatic rings. The number of nitrogens with one attached hydrogen (secondary N) is 1. The van der Waals surface area contributed by atoms with Crippen molar-refractivity contribution in [3.8, 4) is 5.75 Å². The van der Waals surface area contributed by atoms with Gasteiger partial charge in [-0.1, -0.05) is 17.3 Å². The van der Waals surface area contributed by atoms with Gasteiger partial charge in [0.1, 0.15) is 5.75 Å². The molecule has 0 atom stereocenters. The van der Waals surface area contributed by atoms with Gasteiger partial charge in [-0.15, -0.1) is 5.10 Å². The van der Waals surface area contributed by atoms with Crippen molar-refractivity contribution in [2.24, 2.45) is 0 Å². The lowest BCUT2D eigenvalue weighted by atomic mass is 10.1. The first-order valence-corrected chi connectivity index (χ1v) is 6.63. The van der Waals surface area contributed by atoms with Crippen LogP contribution in [0.3, 0.4) is 0 Å². The maximum Gasteiger partial charge on any atom is 0.220 e. The molecule has 0 unspecified atom stereocenters. The standard InChI is InChI=1S/C14H18N4O2/c19-13-4-1-3-12(11-13)5-6-14(20)15-7-2-9-18-10-8-16-17-18/h1,3-4,8,10-11,19H,2,5-7,9H2,(H,15,20). The Morgan fingerprint density at radius 3 is 3.05 bits per heavy atom. The molecule has 1 aromatic heterocycles. The van der Waals surface area contributed by atoms with Gasteiger partial charge in [-0.3, -0.25) is 9.48 Å². The number of phenols is 1. The molecule has 2 aromatic rings. The van der Waals surface area contributed by atoms with Gasteiger partial charge in [-0.25, -0.2) is 0 Å². The van der Waals surface area contributed by atoms with E-state index in [0.29, 0.717) is 19.4 Å². The van der Waals surface area contributed by atoms with Gasteiger partial charge in [0, 0.05) is 25.7 Å². The molecule has 6 nitrogen and oxygen atoms in total. The van der Waals surface area contributed by atoms with Gasteiger partial charge >= 0.3 is 0 Å². The number of hydrogen-bond acceptors (Lipinski definition) is 4. The summed E-state index contributed by atoms with van der Waals surface area (Å²) in [4.78, 5) is 11.7. The Morgan fingerprint density at radius 2 is 2.30 bits per heavy atom. The van der Waals surface area contributed by atoms with Crippen molar-refractivity contribution in [2.45, 2.75) is 25.8 Å². The SMILES string of the molecule is O=C(CCc1cccc(O)c1)NCCCn1ccnn1. The van der Waals surface area contributed by atoms with Crippen LogP contribution in [0.4, 0.5) is 0 Å². The summed E-state index contributed by atoms with van der Waals surface area (Å²) < 4.78 is 1.74. The van der Waals surface area contributed by atoms with Crippen LogP contribution in [0.5, 0.6) is 5.75 Å². The molecule has 2 N–H and O–H groups in total. The highest BCUT2D eigenvalue weighted by molar-refractivity contribution is 5.76. The van der Waals surface area contributed by atoms with E-state index >= 15 is 0 Å². The van der Waals surface area contributed by atoms with Crippen LogP contribution in [0.25, 0.3) is 0 Å². The second-order valence-electron chi connectivity index (χ2n) is 4.54. The molecular formula is C14H18N4O2. The smallest absolute Gasteiger partial charge is 0.220 e. The van der Waals surface area contributed by atoms with Crippen LogP contribution in [0.2, 0.25) is 0 Å². The number of carbonyl (C=O) groups is 1. The Hall–Kier alpha value is -2.37. The van der Waals surface area contributed by atoms with E-state index in [9.17, 15) is 9.90 Å². The molecule has 0 aliphatic carbocycles. The molecule has 0 radical (unpaired) electrons. The molecule has 0 saturated heterocycles. The van der Waals surface area contributed by atoms with Crippen LogP contribution in [-0.2, 0) is 17.8 Å². The Kier molecular flexibility index (Phi) is 5.11. The second kappa shape index (κ2) is 7.28. The second-order valence-corrected chi connectivity index (χ2v) is 4.54. The third-order valence-corrected chi connectivity index (χ3v) is 2.91. The van der Waals surface area contributed by atoms with Gasteiger partial charge in [0.25, 0.3) is 0 Å². The summed E-state index contributed by atoms with van der Waals surface area (Å²) in [6.07, 6.45) is 5.30. The van der Waals surface area contributed by atoms with Crippen molar-refractivity contribution in [2.75, 3.05) is 6.54 Å². The summed E-state index contributed by atoms with van der Waals surface area (Å²) in [7, 11) is 0. The van der Waals surface area contributed by atoms with E-state index < -0.39 is 0 Å². The van der Waals surface area contributed by atoms with E-state index in [-0.39, 0.29) is 11.7 Å². The lowest BCUT2D eigenvalue weighted by Crippen LogP contribution is -2.25. The third kappa shape index (κ3) is 4.72. The van der Waals surface area contributed by atoms with Gasteiger partial charge < -0.3 is 10.4 Å². The Balaban J connectivity index is 1.61. The van der Waals surface area contributed by atoms with Crippen LogP contribution in [0.15, 0.2) is 36.7 Å². The fourth-order valence-electron chi connectivity index (χ4n) is 1.88. The van der Waals surface area contributed by atoms with Crippen molar-refractivity contribution in [1.29, 1.82) is 0 Å². The quantitative estimate of drug-likeness (QED) is 0.742. The minimum atomic E-state index is 0.0203. The number of rotatable bonds is 7. The molecule has 0 spiro atoms. The molecule has 0 fully saturated rings. The molecule has 0 bridgehead atoms. The molecular weight excluding hydrogens is 256 g/mol. The van der Waals surface area contributed by atoms with Crippen LogP contribution in [0, 0.1) is 0 Å². The van der Waals surface area contributed by atoms with E-state index in [4.69, 9.17) is 0 Å². The summed E-state index contributed by atoms with van der Waals surface area (Å²) in [5.41, 5.74) is 0.961. The zero-order chi connectivity index (χ0) is 14.2. The van der Waals surface area contributed by atoms with Gasteiger partial charge in [-0.05, 0) is 30.5 Å². The molecule has 106 valence electrons. The first kappa shape index (κ1) is 14.0. The normalized spacial score (nSPS) is 10.4. The Bertz CT molecular complexity index is 540. The fraction of sp³-hybridized carbons (Fsp3) is 0.357. The molecule has 0 saturated carbocycles. The summed E-state index contributed by atoms with van der Waals surface area (Å²) >= 11 is 0. The predicted octanol–water partition coefficient (Wildman–Crippen LogP) is 1.12. The maximum absolute atomic E-state index is 11.7. The van der Waals surface area contributed by atoms with Gasteiger partial charge in [0.15, 0.2) is 0 Å². The highest BCUT2D eigenvalue weighted by Crippen LogP contribution is 2.12. The first-order chi connectivity index (χ1) is 9.74. The number of aromatic nitrogens is 3. The van der Waals surface area contributed by atoms with E-state index in [1.165, 1.54) is 0 Å². The zero-order valence-electron chi connectivity index (χ0n) is 11.2. The number of aryl methyl sites for hydroxylation is 2. The van der Waals surface area contributed by atoms with Crippen molar-refractivity contribution in [3.63, 3.8) is 0 Å². The number of carbonyl (C=O) groups excluding carboxylic acids is 1. The highest BCUT2D eigenvalue weighted by Gasteiger charge is 2.02. The largest absolute Gasteiger partial charge is 0.508 e. The van der Waals surface area contributed by atoms with Crippen LogP contribution < -0.4 is 5.32 Å². The van der Waals surface area contributed by atoms with Crippen LogP contribution >= 0.6 is 0 Å². The molecule has 2 rings (SSSR count). The number of nitrogens with zero attached hydrogens (tertiary/aromatic N) is 3. The monoisotopic (exact) mass is 274 g/mol. The number of hydrogen-bond donors (Lipinski definition) is 2. The average molecular weight is 274 g/mol. The van der Waals surface area contributed by atoms with Crippen LogP contribution in [0.1, 0.15) is 18.4 Å². The van der Waals surface area contributed by atoms with E-state index in [2.05, 4.69) is 15.6 Å². The molecule has 20 heavy (non-hydrogen) atoms. The number of amides is 1. The van der Waals surface area contributed by atoms with Gasteiger partial charge in [0.2, 0.25) is 5.91 Å². The summed E-state index contributed by atoms with van der Waals surface area (Å²) in [5, 5.41) is 19.8. The summed E-state index contributed by atoms with van der Waals surface area (Å²) in [6.45, 7) is 1.37. The van der Waals surface area contributed by atoms with Crippen molar-refractivity contribution >= 4 is 5.91 Å². The summed E-state index contributed by atoms with van der Waals surface area (Å²) in [5.74, 6) is 0.252. The van der Waals surface area contributed by atoms with E-state index in [0.717, 1.165) is 18.5 Å². The molecule has 0 aliphatic heterocycles. The number of benzene rings is 1. The number of phenolic OH excluding ortho intramolecular Hbond substituents is 1. The third-order valence-electron chi connectivity index (χ3n) is 2.91. The Labute approximate surface area is 117 Å². The molecule has 1 aromatic carbocycles. The zero-order valence-corrected chi connectivity index (χ0v) is 11.2. The first-order valence-electron chi connectivity index (χ1n) is 6.63. The maximum atomic E-state index is 11.7. The predicted molar refractivity (Wildman–Crippen MR) is 74.1 cm³/mol. The molecule has 6 heteroatoms. The lowest BCUT2D eigenvalue weighted by Gasteiger charge is -2.05. The minimum absolute atomic E-state index is 0.0203. The average Bonchev–Trinajstić information content (AvgIpc) is 2.95. The summed E-state index contributed by atoms with van der Waals surface area (Å²) in [6, 6.07) is 6.98. The number of aromatic hydroxyl groups is 1. The highest BCUT2D eigenvalue weighted by atomic mass is 16.3.